The number of benzene rings is 1. The third-order valence-corrected chi connectivity index (χ3v) is 2.75. The Morgan fingerprint density at radius 3 is 2.79 bits per heavy atom. The van der Waals surface area contributed by atoms with Crippen molar-refractivity contribution in [1.29, 1.82) is 0 Å². The van der Waals surface area contributed by atoms with Gasteiger partial charge in [-0.15, -0.1) is 0 Å². The molecule has 0 saturated heterocycles. The van der Waals surface area contributed by atoms with E-state index in [1.807, 2.05) is 43.3 Å². The second kappa shape index (κ2) is 6.34. The summed E-state index contributed by atoms with van der Waals surface area (Å²) >= 11 is 0. The minimum Gasteiger partial charge on any atom is -0.439 e. The van der Waals surface area contributed by atoms with Crippen LogP contribution in [-0.4, -0.2) is 11.0 Å². The van der Waals surface area contributed by atoms with E-state index in [9.17, 15) is 0 Å². The fourth-order valence-corrected chi connectivity index (χ4v) is 1.76. The molecule has 0 radical (unpaired) electrons. The Labute approximate surface area is 114 Å². The molecule has 0 atom stereocenters. The monoisotopic (exact) mass is 256 g/mol. The lowest BCUT2D eigenvalue weighted by Crippen LogP contribution is -2.22. The molecule has 1 N–H and O–H groups in total. The topological polar surface area (TPSA) is 34.1 Å². The number of ether oxygens (including phenoxy) is 1. The molecule has 3 nitrogen and oxygen atoms in total. The van der Waals surface area contributed by atoms with Crippen LogP contribution in [0.2, 0.25) is 0 Å². The van der Waals surface area contributed by atoms with Crippen molar-refractivity contribution >= 4 is 0 Å². The second-order valence-corrected chi connectivity index (χ2v) is 4.92. The van der Waals surface area contributed by atoms with E-state index in [2.05, 4.69) is 24.1 Å². The highest BCUT2D eigenvalue weighted by Gasteiger charge is 2.06. The molecule has 0 bridgehead atoms. The van der Waals surface area contributed by atoms with Gasteiger partial charge in [0.2, 0.25) is 5.88 Å². The number of rotatable bonds is 5. The van der Waals surface area contributed by atoms with Gasteiger partial charge in [0.05, 0.1) is 0 Å². The number of hydrogen-bond donors (Lipinski definition) is 1. The van der Waals surface area contributed by atoms with Gasteiger partial charge >= 0.3 is 0 Å². The van der Waals surface area contributed by atoms with Gasteiger partial charge in [-0.1, -0.05) is 32.0 Å². The van der Waals surface area contributed by atoms with Crippen LogP contribution in [0.3, 0.4) is 0 Å². The Morgan fingerprint density at radius 2 is 2.05 bits per heavy atom. The Kier molecular flexibility index (Phi) is 4.53. The Hall–Kier alpha value is -1.87. The zero-order valence-electron chi connectivity index (χ0n) is 11.7. The van der Waals surface area contributed by atoms with Gasteiger partial charge in [0, 0.05) is 24.3 Å². The normalized spacial score (nSPS) is 10.7. The third kappa shape index (κ3) is 4.07. The fraction of sp³-hybridized carbons (Fsp3) is 0.312. The summed E-state index contributed by atoms with van der Waals surface area (Å²) in [5.74, 6) is 1.49. The number of hydrogen-bond acceptors (Lipinski definition) is 3. The molecule has 0 spiro atoms. The Morgan fingerprint density at radius 1 is 1.21 bits per heavy atom. The SMILES string of the molecule is Cc1cccc(Oc2ncccc2CNC(C)C)c1. The largest absolute Gasteiger partial charge is 0.439 e. The van der Waals surface area contributed by atoms with Crippen LogP contribution >= 0.6 is 0 Å². The van der Waals surface area contributed by atoms with Crippen LogP contribution in [0.5, 0.6) is 11.6 Å². The van der Waals surface area contributed by atoms with Crippen LogP contribution in [-0.2, 0) is 6.54 Å². The average Bonchev–Trinajstić information content (AvgIpc) is 2.38. The summed E-state index contributed by atoms with van der Waals surface area (Å²) < 4.78 is 5.87. The zero-order chi connectivity index (χ0) is 13.7. The van der Waals surface area contributed by atoms with Crippen molar-refractivity contribution in [2.24, 2.45) is 0 Å². The van der Waals surface area contributed by atoms with Gasteiger partial charge in [-0.2, -0.15) is 0 Å². The van der Waals surface area contributed by atoms with Crippen LogP contribution in [0.25, 0.3) is 0 Å². The van der Waals surface area contributed by atoms with Crippen LogP contribution in [0.1, 0.15) is 25.0 Å². The summed E-state index contributed by atoms with van der Waals surface area (Å²) in [4.78, 5) is 4.32. The molecule has 0 aliphatic carbocycles. The quantitative estimate of drug-likeness (QED) is 0.886. The Bertz CT molecular complexity index is 538. The van der Waals surface area contributed by atoms with Gasteiger partial charge in [0.25, 0.3) is 0 Å². The zero-order valence-corrected chi connectivity index (χ0v) is 11.7. The van der Waals surface area contributed by atoms with Gasteiger partial charge in [-0.3, -0.25) is 0 Å². The predicted octanol–water partition coefficient (Wildman–Crippen LogP) is 3.68. The van der Waals surface area contributed by atoms with E-state index in [1.54, 1.807) is 6.20 Å². The van der Waals surface area contributed by atoms with Crippen molar-refractivity contribution in [3.05, 3.63) is 53.7 Å². The molecule has 2 rings (SSSR count). The van der Waals surface area contributed by atoms with Crippen molar-refractivity contribution in [2.45, 2.75) is 33.4 Å². The minimum absolute atomic E-state index is 0.437. The van der Waals surface area contributed by atoms with Gasteiger partial charge < -0.3 is 10.1 Å². The van der Waals surface area contributed by atoms with Crippen molar-refractivity contribution in [1.82, 2.24) is 10.3 Å². The van der Waals surface area contributed by atoms with Crippen LogP contribution in [0.4, 0.5) is 0 Å². The molecule has 0 fully saturated rings. The maximum Gasteiger partial charge on any atom is 0.223 e. The Balaban J connectivity index is 2.15. The smallest absolute Gasteiger partial charge is 0.223 e. The van der Waals surface area contributed by atoms with E-state index < -0.39 is 0 Å². The van der Waals surface area contributed by atoms with E-state index in [4.69, 9.17) is 4.74 Å². The number of aryl methyl sites for hydroxylation is 1. The van der Waals surface area contributed by atoms with Crippen LogP contribution < -0.4 is 10.1 Å². The molecule has 100 valence electrons. The number of pyridine rings is 1. The van der Waals surface area contributed by atoms with Crippen molar-refractivity contribution < 1.29 is 4.74 Å². The van der Waals surface area contributed by atoms with E-state index in [1.165, 1.54) is 5.56 Å². The summed E-state index contributed by atoms with van der Waals surface area (Å²) in [6, 6.07) is 12.4. The molecular formula is C16H20N2O. The summed E-state index contributed by atoms with van der Waals surface area (Å²) in [7, 11) is 0. The van der Waals surface area contributed by atoms with Crippen molar-refractivity contribution in [3.63, 3.8) is 0 Å². The van der Waals surface area contributed by atoms with E-state index in [0.29, 0.717) is 11.9 Å². The first-order valence-electron chi connectivity index (χ1n) is 6.57. The molecule has 0 saturated carbocycles. The highest BCUT2D eigenvalue weighted by molar-refractivity contribution is 5.34. The van der Waals surface area contributed by atoms with Gasteiger partial charge in [-0.05, 0) is 30.7 Å². The number of nitrogens with one attached hydrogen (secondary N) is 1. The lowest BCUT2D eigenvalue weighted by atomic mass is 10.2. The first-order valence-corrected chi connectivity index (χ1v) is 6.57. The summed E-state index contributed by atoms with van der Waals surface area (Å²) in [6.07, 6.45) is 1.75. The molecule has 19 heavy (non-hydrogen) atoms. The van der Waals surface area contributed by atoms with E-state index in [-0.39, 0.29) is 0 Å². The molecule has 1 heterocycles. The molecule has 1 aromatic heterocycles. The van der Waals surface area contributed by atoms with E-state index >= 15 is 0 Å². The minimum atomic E-state index is 0.437. The predicted molar refractivity (Wildman–Crippen MR) is 77.5 cm³/mol. The maximum atomic E-state index is 5.87. The van der Waals surface area contributed by atoms with E-state index in [0.717, 1.165) is 17.9 Å². The van der Waals surface area contributed by atoms with Gasteiger partial charge in [-0.25, -0.2) is 4.98 Å². The standard InChI is InChI=1S/C16H20N2O/c1-12(2)18-11-14-7-5-9-17-16(14)19-15-8-4-6-13(3)10-15/h4-10,12,18H,11H2,1-3H3. The average molecular weight is 256 g/mol. The molecule has 0 amide bonds. The van der Waals surface area contributed by atoms with Crippen LogP contribution in [0, 0.1) is 6.92 Å². The summed E-state index contributed by atoms with van der Waals surface area (Å²) in [5, 5.41) is 3.38. The third-order valence-electron chi connectivity index (χ3n) is 2.75. The first-order chi connectivity index (χ1) is 9.15. The number of aromatic nitrogens is 1. The first kappa shape index (κ1) is 13.6. The molecule has 0 aliphatic heterocycles. The molecule has 0 aliphatic rings. The highest BCUT2D eigenvalue weighted by Crippen LogP contribution is 2.23. The van der Waals surface area contributed by atoms with Gasteiger partial charge in [0.1, 0.15) is 5.75 Å². The summed E-state index contributed by atoms with van der Waals surface area (Å²) in [6.45, 7) is 7.05. The molecule has 1 aromatic carbocycles. The fourth-order valence-electron chi connectivity index (χ4n) is 1.76. The highest BCUT2D eigenvalue weighted by atomic mass is 16.5. The molecule has 0 unspecified atom stereocenters. The lowest BCUT2D eigenvalue weighted by Gasteiger charge is -2.12. The molecule has 3 heteroatoms. The van der Waals surface area contributed by atoms with Gasteiger partial charge in [0.15, 0.2) is 0 Å². The van der Waals surface area contributed by atoms with Crippen molar-refractivity contribution in [2.75, 3.05) is 0 Å². The molecule has 2 aromatic rings. The molecular weight excluding hydrogens is 236 g/mol. The van der Waals surface area contributed by atoms with Crippen LogP contribution in [0.15, 0.2) is 42.6 Å². The lowest BCUT2D eigenvalue weighted by molar-refractivity contribution is 0.450. The summed E-state index contributed by atoms with van der Waals surface area (Å²) in [5.41, 5.74) is 2.24. The van der Waals surface area contributed by atoms with Crippen molar-refractivity contribution in [3.8, 4) is 11.6 Å². The second-order valence-electron chi connectivity index (χ2n) is 4.92. The number of nitrogens with zero attached hydrogens (tertiary/aromatic N) is 1. The maximum absolute atomic E-state index is 5.87.